The Balaban J connectivity index is 3.11. The van der Waals surface area contributed by atoms with Crippen LogP contribution in [0.25, 0.3) is 0 Å². The van der Waals surface area contributed by atoms with E-state index in [1.54, 1.807) is 0 Å². The van der Waals surface area contributed by atoms with Crippen LogP contribution >= 0.6 is 15.6 Å². The second-order valence-corrected chi connectivity index (χ2v) is 10.6. The Hall–Kier alpha value is 0.01000. The quantitative estimate of drug-likeness (QED) is 0.0978. The Labute approximate surface area is 167 Å². The van der Waals surface area contributed by atoms with Crippen molar-refractivity contribution in [3.63, 3.8) is 0 Å². The first-order chi connectivity index (χ1) is 13.1. The third kappa shape index (κ3) is 8.95. The molecule has 1 saturated carbocycles. The van der Waals surface area contributed by atoms with Crippen LogP contribution in [-0.4, -0.2) is 85.7 Å². The van der Waals surface area contributed by atoms with Crippen LogP contribution in [0.5, 0.6) is 0 Å². The van der Waals surface area contributed by atoms with Crippen molar-refractivity contribution in [2.24, 2.45) is 0 Å². The number of rotatable bonds is 11. The Bertz CT molecular complexity index is 678. The van der Waals surface area contributed by atoms with Gasteiger partial charge in [0.25, 0.3) is 10.1 Å². The van der Waals surface area contributed by atoms with E-state index in [1.807, 2.05) is 6.92 Å². The first-order valence-electron chi connectivity index (χ1n) is 8.51. The van der Waals surface area contributed by atoms with Gasteiger partial charge in [0.05, 0.1) is 5.75 Å². The molecule has 0 heterocycles. The lowest BCUT2D eigenvalue weighted by atomic mass is 9.85. The second-order valence-electron chi connectivity index (χ2n) is 6.48. The average molecular weight is 488 g/mol. The van der Waals surface area contributed by atoms with Crippen LogP contribution in [0, 0.1) is 0 Å². The zero-order valence-electron chi connectivity index (χ0n) is 15.3. The van der Waals surface area contributed by atoms with Crippen molar-refractivity contribution >= 4 is 25.8 Å². The highest BCUT2D eigenvalue weighted by molar-refractivity contribution is 7.86. The third-order valence-corrected chi connectivity index (χ3v) is 6.38. The Kier molecular flexibility index (Phi) is 9.84. The highest BCUT2D eigenvalue weighted by Gasteiger charge is 2.55. The summed E-state index contributed by atoms with van der Waals surface area (Å²) in [7, 11) is -15.1. The maximum Gasteiger partial charge on any atom is 0.470 e. The predicted molar refractivity (Wildman–Crippen MR) is 94.7 cm³/mol. The van der Waals surface area contributed by atoms with Crippen LogP contribution in [0.2, 0.25) is 0 Å². The molecule has 0 saturated heterocycles. The smallest absolute Gasteiger partial charge is 0.387 e. The number of aliphatic hydroxyl groups excluding tert-OH is 3. The van der Waals surface area contributed by atoms with E-state index < -0.39 is 68.1 Å². The normalized spacial score (nSPS) is 31.7. The number of hydrogen-bond donors (Lipinski definition) is 7. The molecule has 7 N–H and O–H groups in total. The van der Waals surface area contributed by atoms with E-state index in [0.717, 1.165) is 12.8 Å². The molecule has 6 atom stereocenters. The molecule has 2 unspecified atom stereocenters. The van der Waals surface area contributed by atoms with Gasteiger partial charge in [-0.15, -0.1) is 0 Å². The number of phosphoric ester groups is 2. The van der Waals surface area contributed by atoms with Gasteiger partial charge < -0.3 is 34.9 Å². The highest BCUT2D eigenvalue weighted by Crippen LogP contribution is 2.46. The first kappa shape index (κ1) is 27.0. The Morgan fingerprint density at radius 2 is 1.17 bits per heavy atom. The molecule has 0 aromatic rings. The molecule has 0 aliphatic heterocycles. The lowest BCUT2D eigenvalue weighted by Gasteiger charge is -2.44. The van der Waals surface area contributed by atoms with Crippen molar-refractivity contribution in [2.75, 3.05) is 5.75 Å². The van der Waals surface area contributed by atoms with Crippen molar-refractivity contribution in [2.45, 2.75) is 69.2 Å². The van der Waals surface area contributed by atoms with E-state index >= 15 is 0 Å². The number of aliphatic hydroxyl groups is 3. The minimum atomic E-state index is -5.37. The zero-order valence-corrected chi connectivity index (χ0v) is 17.9. The molecule has 14 nitrogen and oxygen atoms in total. The van der Waals surface area contributed by atoms with E-state index in [1.165, 1.54) is 0 Å². The van der Waals surface area contributed by atoms with Gasteiger partial charge in [-0.2, -0.15) is 8.42 Å². The molecule has 174 valence electrons. The molecule has 1 fully saturated rings. The van der Waals surface area contributed by atoms with Gasteiger partial charge in [-0.05, 0) is 6.42 Å². The summed E-state index contributed by atoms with van der Waals surface area (Å²) < 4.78 is 59.6. The van der Waals surface area contributed by atoms with Gasteiger partial charge in [-0.3, -0.25) is 13.2 Å². The third-order valence-electron chi connectivity index (χ3n) is 4.04. The summed E-state index contributed by atoms with van der Waals surface area (Å²) >= 11 is 0. The molecule has 1 rings (SSSR count). The molecule has 0 spiro atoms. The second kappa shape index (κ2) is 10.6. The monoisotopic (exact) mass is 488 g/mol. The summed E-state index contributed by atoms with van der Waals surface area (Å²) in [5.41, 5.74) is 0. The number of hydrogen-bond acceptors (Lipinski definition) is 10. The zero-order chi connectivity index (χ0) is 22.6. The van der Waals surface area contributed by atoms with Crippen molar-refractivity contribution in [1.29, 1.82) is 0 Å². The van der Waals surface area contributed by atoms with Crippen LogP contribution in [0.3, 0.4) is 0 Å². The maximum absolute atomic E-state index is 12.1. The van der Waals surface area contributed by atoms with E-state index in [-0.39, 0.29) is 6.42 Å². The molecule has 17 heteroatoms. The lowest BCUT2D eigenvalue weighted by Crippen LogP contribution is -2.65. The summed E-state index contributed by atoms with van der Waals surface area (Å²) in [6, 6.07) is 0. The van der Waals surface area contributed by atoms with Gasteiger partial charge in [-0.25, -0.2) is 9.13 Å². The Morgan fingerprint density at radius 3 is 1.55 bits per heavy atom. The van der Waals surface area contributed by atoms with E-state index in [0.29, 0.717) is 6.42 Å². The fourth-order valence-corrected chi connectivity index (χ4v) is 5.12. The summed E-state index contributed by atoms with van der Waals surface area (Å²) in [6.45, 7) is 1.90. The SMILES string of the molecule is CCCCCCS(=O)(=O)OC1[C@H](O)[C@H](OP(=O)(O)O)C(O)[C@H](OP(=O)(O)O)[C@H]1O. The van der Waals surface area contributed by atoms with Crippen molar-refractivity contribution in [3.8, 4) is 0 Å². The molecule has 0 bridgehead atoms. The molecular formula is C12H26O14P2S. The van der Waals surface area contributed by atoms with Gasteiger partial charge in [0.1, 0.15) is 36.6 Å². The van der Waals surface area contributed by atoms with Crippen molar-refractivity contribution in [1.82, 2.24) is 0 Å². The van der Waals surface area contributed by atoms with E-state index in [4.69, 9.17) is 23.8 Å². The lowest BCUT2D eigenvalue weighted by molar-refractivity contribution is -0.208. The minimum Gasteiger partial charge on any atom is -0.387 e. The summed E-state index contributed by atoms with van der Waals surface area (Å²) in [5, 5.41) is 30.4. The van der Waals surface area contributed by atoms with Gasteiger partial charge >= 0.3 is 15.6 Å². The Morgan fingerprint density at radius 1 is 0.759 bits per heavy atom. The minimum absolute atomic E-state index is 0.183. The molecular weight excluding hydrogens is 462 g/mol. The largest absolute Gasteiger partial charge is 0.470 e. The molecule has 29 heavy (non-hydrogen) atoms. The molecule has 1 aliphatic carbocycles. The molecule has 0 aromatic carbocycles. The predicted octanol–water partition coefficient (Wildman–Crippen LogP) is -1.67. The average Bonchev–Trinajstić information content (AvgIpc) is 2.55. The van der Waals surface area contributed by atoms with Crippen LogP contribution in [0.15, 0.2) is 0 Å². The van der Waals surface area contributed by atoms with Crippen LogP contribution in [-0.2, 0) is 32.5 Å². The summed E-state index contributed by atoms with van der Waals surface area (Å²) in [4.78, 5) is 35.7. The number of unbranched alkanes of at least 4 members (excludes halogenated alkanes) is 3. The fourth-order valence-electron chi connectivity index (χ4n) is 2.77. The molecule has 0 amide bonds. The maximum atomic E-state index is 12.1. The van der Waals surface area contributed by atoms with Gasteiger partial charge in [-0.1, -0.05) is 26.2 Å². The molecule has 1 aliphatic rings. The summed E-state index contributed by atoms with van der Waals surface area (Å²) in [6.07, 6.45) is -11.4. The molecule has 0 radical (unpaired) electrons. The van der Waals surface area contributed by atoms with Gasteiger partial charge in [0, 0.05) is 0 Å². The van der Waals surface area contributed by atoms with Gasteiger partial charge in [0.15, 0.2) is 0 Å². The van der Waals surface area contributed by atoms with E-state index in [9.17, 15) is 32.9 Å². The van der Waals surface area contributed by atoms with E-state index in [2.05, 4.69) is 9.05 Å². The highest BCUT2D eigenvalue weighted by atomic mass is 32.2. The topological polar surface area (TPSA) is 238 Å². The van der Waals surface area contributed by atoms with Crippen molar-refractivity contribution < 1.29 is 65.7 Å². The fraction of sp³-hybridized carbons (Fsp3) is 1.00. The standard InChI is InChI=1S/C12H26O14P2S/c1-2-3-4-5-6-29(22,23)26-12-8(14)10(24-27(16,17)18)7(13)11(9(12)15)25-28(19,20)21/h7-15H,2-6H2,1H3,(H2,16,17,18)(H2,19,20,21)/t7?,8-,9-,10-,11+,12?/m1/s1. The molecule has 0 aromatic heterocycles. The van der Waals surface area contributed by atoms with Crippen LogP contribution in [0.1, 0.15) is 32.6 Å². The van der Waals surface area contributed by atoms with Crippen molar-refractivity contribution in [3.05, 3.63) is 0 Å². The summed E-state index contributed by atoms with van der Waals surface area (Å²) in [5.74, 6) is -0.514. The first-order valence-corrected chi connectivity index (χ1v) is 13.1. The van der Waals surface area contributed by atoms with Crippen LogP contribution < -0.4 is 0 Å². The van der Waals surface area contributed by atoms with Crippen LogP contribution in [0.4, 0.5) is 0 Å². The number of phosphoric acid groups is 2. The van der Waals surface area contributed by atoms with Gasteiger partial charge in [0.2, 0.25) is 0 Å².